The Bertz CT molecular complexity index is 95.1. The Hall–Kier alpha value is 0.850. The van der Waals surface area contributed by atoms with Crippen molar-refractivity contribution < 1.29 is 8.78 Å². The summed E-state index contributed by atoms with van der Waals surface area (Å²) < 4.78 is 23.9. The topological polar surface area (TPSA) is 0 Å². The van der Waals surface area contributed by atoms with E-state index in [1.807, 2.05) is 0 Å². The van der Waals surface area contributed by atoms with Crippen LogP contribution in [0.4, 0.5) is 8.78 Å². The Morgan fingerprint density at radius 2 is 2.00 bits per heavy atom. The zero-order chi connectivity index (χ0) is 8.74. The van der Waals surface area contributed by atoms with Gasteiger partial charge in [0.1, 0.15) is 0 Å². The van der Waals surface area contributed by atoms with Gasteiger partial charge >= 0.3 is 5.38 Å². The van der Waals surface area contributed by atoms with E-state index < -0.39 is 5.38 Å². The summed E-state index contributed by atoms with van der Waals surface area (Å²) in [5, 5.41) is -3.04. The number of hydrogen-bond donors (Lipinski definition) is 0. The first-order chi connectivity index (χ1) is 5.06. The fraction of sp³-hybridized carbons (Fsp3) is 1.00. The molecule has 0 heterocycles. The minimum Gasteiger partial charge on any atom is -0.187 e. The van der Waals surface area contributed by atoms with Crippen molar-refractivity contribution in [2.75, 3.05) is 11.5 Å². The lowest BCUT2D eigenvalue weighted by Crippen LogP contribution is -2.07. The molecule has 0 fully saturated rings. The van der Waals surface area contributed by atoms with Crippen LogP contribution in [0.5, 0.6) is 0 Å². The molecule has 0 saturated heterocycles. The maximum Gasteiger partial charge on any atom is 0.331 e. The number of unbranched alkanes of at least 4 members (excludes halogenated alkanes) is 1. The predicted octanol–water partition coefficient (Wildman–Crippen LogP) is 4.00. The first-order valence-corrected chi connectivity index (χ1v) is 6.24. The van der Waals surface area contributed by atoms with E-state index in [4.69, 9.17) is 0 Å². The van der Waals surface area contributed by atoms with E-state index in [-0.39, 0.29) is 5.75 Å². The first kappa shape index (κ1) is 11.8. The van der Waals surface area contributed by atoms with Gasteiger partial charge in [-0.3, -0.25) is 0 Å². The Morgan fingerprint density at radius 1 is 1.36 bits per heavy atom. The molecule has 0 bridgehead atoms. The highest BCUT2D eigenvalue weighted by Gasteiger charge is 2.24. The summed E-state index contributed by atoms with van der Waals surface area (Å²) in [6.45, 7) is 2.07. The fourth-order valence-corrected chi connectivity index (χ4v) is 2.87. The normalized spacial score (nSPS) is 12.0. The molecule has 0 aliphatic heterocycles. The summed E-state index contributed by atoms with van der Waals surface area (Å²) in [7, 11) is 2.59. The van der Waals surface area contributed by atoms with Gasteiger partial charge in [-0.2, -0.15) is 8.78 Å². The predicted molar refractivity (Wildman–Crippen MR) is 50.6 cm³/mol. The molecule has 0 nitrogen and oxygen atoms in total. The molecule has 0 aromatic carbocycles. The van der Waals surface area contributed by atoms with Crippen molar-refractivity contribution in [1.29, 1.82) is 0 Å². The Kier molecular flexibility index (Phi) is 6.87. The minimum atomic E-state index is -3.04. The van der Waals surface area contributed by atoms with Crippen molar-refractivity contribution in [2.24, 2.45) is 0 Å². The van der Waals surface area contributed by atoms with Gasteiger partial charge in [0, 0.05) is 5.75 Å². The Labute approximate surface area is 78.8 Å². The maximum absolute atomic E-state index is 12.0. The molecule has 0 aromatic heterocycles. The molecule has 0 atom stereocenters. The number of hydrogen-bond acceptors (Lipinski definition) is 2. The van der Waals surface area contributed by atoms with E-state index in [2.05, 4.69) is 18.5 Å². The van der Waals surface area contributed by atoms with Gasteiger partial charge in [0.2, 0.25) is 0 Å². The largest absolute Gasteiger partial charge is 0.331 e. The van der Waals surface area contributed by atoms with Crippen molar-refractivity contribution in [3.8, 4) is 0 Å². The quantitative estimate of drug-likeness (QED) is 0.377. The summed E-state index contributed by atoms with van der Waals surface area (Å²) >= 11 is 4.68. The van der Waals surface area contributed by atoms with E-state index in [1.165, 1.54) is 10.8 Å². The molecule has 0 unspecified atom stereocenters. The third-order valence-electron chi connectivity index (χ3n) is 0.887. The van der Waals surface area contributed by atoms with E-state index >= 15 is 0 Å². The van der Waals surface area contributed by atoms with Gasteiger partial charge in [-0.05, 0) is 18.0 Å². The van der Waals surface area contributed by atoms with Crippen molar-refractivity contribution in [3.63, 3.8) is 0 Å². The van der Waals surface area contributed by atoms with Crippen LogP contribution in [-0.2, 0) is 0 Å². The molecule has 0 aliphatic rings. The Balaban J connectivity index is 3.02. The van der Waals surface area contributed by atoms with Crippen LogP contribution in [-0.4, -0.2) is 16.9 Å². The number of rotatable bonds is 6. The molecule has 0 aromatic rings. The third kappa shape index (κ3) is 10.8. The van der Waals surface area contributed by atoms with Crippen LogP contribution in [0.25, 0.3) is 0 Å². The number of halogens is 3. The standard InChI is InChI=1S/C6H11ClF2S2/c1-2-3-4-10-11-5-6(7,8)9/h2-5H2,1H3. The fourth-order valence-electron chi connectivity index (χ4n) is 0.371. The van der Waals surface area contributed by atoms with Gasteiger partial charge in [0.05, 0.1) is 5.75 Å². The molecule has 0 spiro atoms. The van der Waals surface area contributed by atoms with Crippen LogP contribution >= 0.6 is 33.2 Å². The molecular formula is C6H11ClF2S2. The third-order valence-corrected chi connectivity index (χ3v) is 3.64. The van der Waals surface area contributed by atoms with E-state index in [1.54, 1.807) is 0 Å². The maximum atomic E-state index is 12.0. The van der Waals surface area contributed by atoms with E-state index in [9.17, 15) is 8.78 Å². The second-order valence-electron chi connectivity index (χ2n) is 2.05. The van der Waals surface area contributed by atoms with Crippen molar-refractivity contribution in [2.45, 2.75) is 25.1 Å². The first-order valence-electron chi connectivity index (χ1n) is 3.37. The molecule has 0 N–H and O–H groups in total. The molecule has 5 heteroatoms. The van der Waals surface area contributed by atoms with Gasteiger partial charge in [-0.1, -0.05) is 34.9 Å². The minimum absolute atomic E-state index is 0.303. The molecule has 11 heavy (non-hydrogen) atoms. The zero-order valence-corrected chi connectivity index (χ0v) is 8.67. The lowest BCUT2D eigenvalue weighted by atomic mass is 10.4. The van der Waals surface area contributed by atoms with Gasteiger partial charge in [-0.15, -0.1) is 0 Å². The van der Waals surface area contributed by atoms with Crippen LogP contribution in [0.2, 0.25) is 0 Å². The number of alkyl halides is 3. The zero-order valence-electron chi connectivity index (χ0n) is 6.28. The van der Waals surface area contributed by atoms with Crippen molar-refractivity contribution in [1.82, 2.24) is 0 Å². The highest BCUT2D eigenvalue weighted by atomic mass is 35.5. The van der Waals surface area contributed by atoms with Gasteiger partial charge in [-0.25, -0.2) is 0 Å². The Morgan fingerprint density at radius 3 is 2.45 bits per heavy atom. The SMILES string of the molecule is CCCCSSCC(F)(F)Cl. The smallest absolute Gasteiger partial charge is 0.187 e. The van der Waals surface area contributed by atoms with Crippen LogP contribution < -0.4 is 0 Å². The molecule has 0 saturated carbocycles. The van der Waals surface area contributed by atoms with Crippen LogP contribution in [0, 0.1) is 0 Å². The average Bonchev–Trinajstić information content (AvgIpc) is 1.85. The second kappa shape index (κ2) is 6.38. The molecule has 0 radical (unpaired) electrons. The van der Waals surface area contributed by atoms with Gasteiger partial charge < -0.3 is 0 Å². The van der Waals surface area contributed by atoms with E-state index in [0.717, 1.165) is 29.4 Å². The molecule has 68 valence electrons. The van der Waals surface area contributed by atoms with E-state index in [0.29, 0.717) is 0 Å². The lowest BCUT2D eigenvalue weighted by Gasteiger charge is -2.05. The van der Waals surface area contributed by atoms with Crippen molar-refractivity contribution >= 4 is 33.2 Å². The van der Waals surface area contributed by atoms with Crippen molar-refractivity contribution in [3.05, 3.63) is 0 Å². The molecule has 0 aliphatic carbocycles. The lowest BCUT2D eigenvalue weighted by molar-refractivity contribution is 0.125. The molecule has 0 amide bonds. The second-order valence-corrected chi connectivity index (χ2v) is 5.19. The van der Waals surface area contributed by atoms with Gasteiger partial charge in [0.25, 0.3) is 0 Å². The van der Waals surface area contributed by atoms with Crippen LogP contribution in [0.3, 0.4) is 0 Å². The summed E-state index contributed by atoms with van der Waals surface area (Å²) in [5.41, 5.74) is 0. The van der Waals surface area contributed by atoms with Crippen LogP contribution in [0.1, 0.15) is 19.8 Å². The van der Waals surface area contributed by atoms with Gasteiger partial charge in [0.15, 0.2) is 0 Å². The highest BCUT2D eigenvalue weighted by molar-refractivity contribution is 8.76. The molecular weight excluding hydrogens is 210 g/mol. The summed E-state index contributed by atoms with van der Waals surface area (Å²) in [6.07, 6.45) is 2.18. The highest BCUT2D eigenvalue weighted by Crippen LogP contribution is 2.31. The summed E-state index contributed by atoms with van der Waals surface area (Å²) in [5.74, 6) is 0.622. The monoisotopic (exact) mass is 220 g/mol. The summed E-state index contributed by atoms with van der Waals surface area (Å²) in [6, 6.07) is 0. The van der Waals surface area contributed by atoms with Crippen LogP contribution in [0.15, 0.2) is 0 Å². The molecule has 0 rings (SSSR count). The average molecular weight is 221 g/mol. The summed E-state index contributed by atoms with van der Waals surface area (Å²) in [4.78, 5) is 0.